The molecule has 1 aliphatic heterocycles. The van der Waals surface area contributed by atoms with Crippen molar-refractivity contribution >= 4 is 10.0 Å². The van der Waals surface area contributed by atoms with Crippen LogP contribution in [0.5, 0.6) is 0 Å². The summed E-state index contributed by atoms with van der Waals surface area (Å²) < 4.78 is 68.4. The van der Waals surface area contributed by atoms with Gasteiger partial charge in [0.25, 0.3) is 0 Å². The van der Waals surface area contributed by atoms with Gasteiger partial charge < -0.3 is 9.73 Å². The molecule has 0 amide bonds. The van der Waals surface area contributed by atoms with Gasteiger partial charge in [0, 0.05) is 24.7 Å². The van der Waals surface area contributed by atoms with E-state index >= 15 is 0 Å². The predicted octanol–water partition coefficient (Wildman–Crippen LogP) is 3.48. The molecule has 148 valence electrons. The standard InChI is InChI=1S/C18H21F3N2O3S/c1-27(24,25)23-10-2-3-15(12-23)22-11-16-8-9-17(26-16)13-4-6-14(7-5-13)18(19,20)21/h4-9,15,22H,2-3,10-12H2,1H3. The molecule has 1 aliphatic rings. The summed E-state index contributed by atoms with van der Waals surface area (Å²) in [7, 11) is -3.20. The zero-order valence-corrected chi connectivity index (χ0v) is 15.6. The Labute approximate surface area is 156 Å². The van der Waals surface area contributed by atoms with E-state index in [9.17, 15) is 21.6 Å². The lowest BCUT2D eigenvalue weighted by molar-refractivity contribution is -0.137. The van der Waals surface area contributed by atoms with E-state index < -0.39 is 21.8 Å². The molecule has 3 rings (SSSR count). The number of hydrogen-bond donors (Lipinski definition) is 1. The first-order valence-corrected chi connectivity index (χ1v) is 10.4. The molecule has 27 heavy (non-hydrogen) atoms. The van der Waals surface area contributed by atoms with Gasteiger partial charge in [-0.3, -0.25) is 0 Å². The molecule has 1 unspecified atom stereocenters. The lowest BCUT2D eigenvalue weighted by Gasteiger charge is -2.31. The van der Waals surface area contributed by atoms with E-state index in [1.54, 1.807) is 12.1 Å². The summed E-state index contributed by atoms with van der Waals surface area (Å²) in [6.07, 6.45) is -1.49. The first-order valence-electron chi connectivity index (χ1n) is 8.58. The Hall–Kier alpha value is -1.84. The molecule has 0 aliphatic carbocycles. The molecule has 5 nitrogen and oxygen atoms in total. The number of sulfonamides is 1. The topological polar surface area (TPSA) is 62.6 Å². The van der Waals surface area contributed by atoms with Gasteiger partial charge in [0.1, 0.15) is 11.5 Å². The van der Waals surface area contributed by atoms with Crippen molar-refractivity contribution in [2.45, 2.75) is 31.6 Å². The third kappa shape index (κ3) is 5.12. The number of hydrogen-bond acceptors (Lipinski definition) is 4. The lowest BCUT2D eigenvalue weighted by atomic mass is 10.1. The Morgan fingerprint density at radius 3 is 2.52 bits per heavy atom. The molecule has 1 atom stereocenters. The van der Waals surface area contributed by atoms with E-state index in [4.69, 9.17) is 4.42 Å². The molecule has 9 heteroatoms. The van der Waals surface area contributed by atoms with E-state index in [1.807, 2.05) is 0 Å². The second kappa shape index (κ2) is 7.65. The van der Waals surface area contributed by atoms with Gasteiger partial charge in [0.05, 0.1) is 18.4 Å². The van der Waals surface area contributed by atoms with Crippen molar-refractivity contribution < 1.29 is 26.0 Å². The van der Waals surface area contributed by atoms with Gasteiger partial charge in [-0.05, 0) is 37.1 Å². The van der Waals surface area contributed by atoms with Crippen LogP contribution in [0.3, 0.4) is 0 Å². The molecule has 1 aromatic heterocycles. The number of benzene rings is 1. The zero-order valence-electron chi connectivity index (χ0n) is 14.8. The quantitative estimate of drug-likeness (QED) is 0.832. The highest BCUT2D eigenvalue weighted by Crippen LogP contribution is 2.31. The maximum absolute atomic E-state index is 12.6. The van der Waals surface area contributed by atoms with Crippen LogP contribution in [0.15, 0.2) is 40.8 Å². The predicted molar refractivity (Wildman–Crippen MR) is 95.4 cm³/mol. The van der Waals surface area contributed by atoms with Crippen molar-refractivity contribution in [1.29, 1.82) is 0 Å². The van der Waals surface area contributed by atoms with E-state index in [1.165, 1.54) is 22.7 Å². The second-order valence-electron chi connectivity index (χ2n) is 6.68. The Kier molecular flexibility index (Phi) is 5.64. The molecule has 0 saturated carbocycles. The number of alkyl halides is 3. The highest BCUT2D eigenvalue weighted by Gasteiger charge is 2.30. The average molecular weight is 402 g/mol. The largest absolute Gasteiger partial charge is 0.460 e. The van der Waals surface area contributed by atoms with Crippen LogP contribution in [0.4, 0.5) is 13.2 Å². The van der Waals surface area contributed by atoms with Gasteiger partial charge in [-0.2, -0.15) is 13.2 Å². The van der Waals surface area contributed by atoms with Gasteiger partial charge >= 0.3 is 6.18 Å². The Balaban J connectivity index is 1.60. The fourth-order valence-electron chi connectivity index (χ4n) is 3.11. The van der Waals surface area contributed by atoms with Crippen LogP contribution in [0.25, 0.3) is 11.3 Å². The maximum atomic E-state index is 12.6. The normalized spacial score (nSPS) is 19.3. The van der Waals surface area contributed by atoms with Gasteiger partial charge in [-0.15, -0.1) is 0 Å². The molecular formula is C18H21F3N2O3S. The van der Waals surface area contributed by atoms with Crippen LogP contribution in [0, 0.1) is 0 Å². The maximum Gasteiger partial charge on any atom is 0.416 e. The zero-order chi connectivity index (χ0) is 19.7. The Morgan fingerprint density at radius 1 is 1.19 bits per heavy atom. The summed E-state index contributed by atoms with van der Waals surface area (Å²) in [5.74, 6) is 1.13. The van der Waals surface area contributed by atoms with Crippen molar-refractivity contribution in [3.63, 3.8) is 0 Å². The highest BCUT2D eigenvalue weighted by atomic mass is 32.2. The minimum absolute atomic E-state index is 0.0353. The third-order valence-corrected chi connectivity index (χ3v) is 5.85. The molecule has 0 bridgehead atoms. The second-order valence-corrected chi connectivity index (χ2v) is 8.66. The van der Waals surface area contributed by atoms with Crippen LogP contribution >= 0.6 is 0 Å². The summed E-state index contributed by atoms with van der Waals surface area (Å²) in [4.78, 5) is 0. The van der Waals surface area contributed by atoms with Crippen LogP contribution in [-0.2, 0) is 22.7 Å². The Morgan fingerprint density at radius 2 is 1.89 bits per heavy atom. The smallest absolute Gasteiger partial charge is 0.416 e. The summed E-state index contributed by atoms with van der Waals surface area (Å²) in [6, 6.07) is 8.32. The number of piperidine rings is 1. The fraction of sp³-hybridized carbons (Fsp3) is 0.444. The van der Waals surface area contributed by atoms with Gasteiger partial charge in [0.15, 0.2) is 0 Å². The van der Waals surface area contributed by atoms with Gasteiger partial charge in [-0.1, -0.05) is 12.1 Å². The Bertz CT molecular complexity index is 876. The van der Waals surface area contributed by atoms with Crippen molar-refractivity contribution in [1.82, 2.24) is 9.62 Å². The van der Waals surface area contributed by atoms with E-state index in [0.29, 0.717) is 36.7 Å². The molecule has 2 aromatic rings. The molecule has 1 aromatic carbocycles. The first kappa shape index (κ1) is 19.9. The van der Waals surface area contributed by atoms with E-state index in [0.717, 1.165) is 25.0 Å². The summed E-state index contributed by atoms with van der Waals surface area (Å²) >= 11 is 0. The monoisotopic (exact) mass is 402 g/mol. The molecule has 1 saturated heterocycles. The third-order valence-electron chi connectivity index (χ3n) is 4.58. The summed E-state index contributed by atoms with van der Waals surface area (Å²) in [5, 5.41) is 3.29. The van der Waals surface area contributed by atoms with Gasteiger partial charge in [-0.25, -0.2) is 12.7 Å². The first-order chi connectivity index (χ1) is 12.6. The molecule has 1 fully saturated rings. The van der Waals surface area contributed by atoms with E-state index in [-0.39, 0.29) is 6.04 Å². The SMILES string of the molecule is CS(=O)(=O)N1CCCC(NCc2ccc(-c3ccc(C(F)(F)F)cc3)o2)C1. The van der Waals surface area contributed by atoms with Crippen molar-refractivity contribution in [3.05, 3.63) is 47.7 Å². The number of nitrogens with zero attached hydrogens (tertiary/aromatic N) is 1. The highest BCUT2D eigenvalue weighted by molar-refractivity contribution is 7.88. The van der Waals surface area contributed by atoms with E-state index in [2.05, 4.69) is 5.32 Å². The van der Waals surface area contributed by atoms with Crippen LogP contribution in [0.2, 0.25) is 0 Å². The summed E-state index contributed by atoms with van der Waals surface area (Å²) in [5.41, 5.74) is -0.136. The average Bonchev–Trinajstić information content (AvgIpc) is 3.08. The number of halogens is 3. The lowest BCUT2D eigenvalue weighted by Crippen LogP contribution is -2.47. The van der Waals surface area contributed by atoms with Crippen molar-refractivity contribution in [2.24, 2.45) is 0 Å². The molecule has 2 heterocycles. The van der Waals surface area contributed by atoms with Crippen LogP contribution < -0.4 is 5.32 Å². The molecular weight excluding hydrogens is 381 g/mol. The van der Waals surface area contributed by atoms with Crippen LogP contribution in [0.1, 0.15) is 24.2 Å². The van der Waals surface area contributed by atoms with Crippen molar-refractivity contribution in [3.8, 4) is 11.3 Å². The molecule has 0 radical (unpaired) electrons. The fourth-order valence-corrected chi connectivity index (χ4v) is 4.02. The van der Waals surface area contributed by atoms with Gasteiger partial charge in [0.2, 0.25) is 10.0 Å². The minimum Gasteiger partial charge on any atom is -0.460 e. The molecule has 1 N–H and O–H groups in total. The number of furan rings is 1. The van der Waals surface area contributed by atoms with Crippen molar-refractivity contribution in [2.75, 3.05) is 19.3 Å². The summed E-state index contributed by atoms with van der Waals surface area (Å²) in [6.45, 7) is 1.38. The molecule has 0 spiro atoms. The van der Waals surface area contributed by atoms with Crippen LogP contribution in [-0.4, -0.2) is 38.1 Å². The number of nitrogens with one attached hydrogen (secondary N) is 1. The number of rotatable bonds is 5. The minimum atomic E-state index is -4.36.